The highest BCUT2D eigenvalue weighted by molar-refractivity contribution is 6.29. The molecule has 2 N–H and O–H groups in total. The van der Waals surface area contributed by atoms with Gasteiger partial charge in [-0.1, -0.05) is 0 Å². The van der Waals surface area contributed by atoms with E-state index in [0.717, 1.165) is 0 Å². The first kappa shape index (κ1) is 14.4. The Bertz CT molecular complexity index is 554. The molecule has 2 atom stereocenters. The van der Waals surface area contributed by atoms with Gasteiger partial charge in [-0.05, 0) is 30.2 Å². The van der Waals surface area contributed by atoms with Crippen LogP contribution in [0, 0.1) is 11.8 Å². The monoisotopic (exact) mass is 301 g/mol. The number of hydrogen-bond donors (Lipinski definition) is 2. The topological polar surface area (TPSA) is 108 Å². The quantitative estimate of drug-likeness (QED) is 0.868. The summed E-state index contributed by atoms with van der Waals surface area (Å²) >= 11 is 5.58. The Morgan fingerprint density at radius 1 is 1.20 bits per heavy atom. The maximum Gasteiger partial charge on any atom is 0.309 e. The number of nitrogens with zero attached hydrogens (tertiary/aromatic N) is 1. The number of carbonyl (C=O) groups excluding carboxylic acids is 1. The van der Waals surface area contributed by atoms with Crippen LogP contribution in [-0.2, 0) is 9.59 Å². The highest BCUT2D eigenvalue weighted by atomic mass is 35.5. The van der Waals surface area contributed by atoms with Gasteiger partial charge in [0.2, 0.25) is 0 Å². The predicted molar refractivity (Wildman–Crippen MR) is 66.5 cm³/mol. The summed E-state index contributed by atoms with van der Waals surface area (Å²) in [6, 6.07) is 2.80. The number of piperidine rings is 1. The summed E-state index contributed by atoms with van der Waals surface area (Å²) in [5, 5.41) is 18.1. The van der Waals surface area contributed by atoms with Gasteiger partial charge < -0.3 is 19.5 Å². The Labute approximate surface area is 118 Å². The zero-order chi connectivity index (χ0) is 14.9. The van der Waals surface area contributed by atoms with Crippen molar-refractivity contribution in [1.82, 2.24) is 4.90 Å². The fourth-order valence-electron chi connectivity index (χ4n) is 2.27. The Kier molecular flexibility index (Phi) is 3.99. The van der Waals surface area contributed by atoms with Crippen LogP contribution in [0.1, 0.15) is 17.0 Å². The predicted octanol–water partition coefficient (Wildman–Crippen LogP) is 1.18. The van der Waals surface area contributed by atoms with Crippen LogP contribution in [0.2, 0.25) is 5.22 Å². The van der Waals surface area contributed by atoms with Gasteiger partial charge >= 0.3 is 11.9 Å². The summed E-state index contributed by atoms with van der Waals surface area (Å²) in [5.74, 6) is -5.00. The molecule has 1 aliphatic heterocycles. The van der Waals surface area contributed by atoms with Gasteiger partial charge in [0.1, 0.15) is 0 Å². The molecule has 0 bridgehead atoms. The third-order valence-electron chi connectivity index (χ3n) is 3.32. The normalized spacial score (nSPS) is 22.6. The molecule has 108 valence electrons. The molecule has 0 aliphatic carbocycles. The van der Waals surface area contributed by atoms with E-state index in [1.165, 1.54) is 17.0 Å². The fourth-order valence-corrected chi connectivity index (χ4v) is 2.41. The van der Waals surface area contributed by atoms with Gasteiger partial charge in [0.05, 0.1) is 11.8 Å². The standard InChI is InChI=1S/C12H12ClNO6/c13-9-2-1-8(20-9)10(15)14-4-3-6(11(16)17)7(5-14)12(18)19/h1-2,6-7H,3-5H2,(H,16,17)(H,18,19). The van der Waals surface area contributed by atoms with Crippen molar-refractivity contribution in [3.05, 3.63) is 23.1 Å². The molecule has 7 nitrogen and oxygen atoms in total. The number of carboxylic acids is 2. The number of halogens is 1. The summed E-state index contributed by atoms with van der Waals surface area (Å²) in [6.45, 7) is 0.00134. The van der Waals surface area contributed by atoms with Crippen LogP contribution in [0.5, 0.6) is 0 Å². The molecule has 0 saturated carbocycles. The van der Waals surface area contributed by atoms with Crippen molar-refractivity contribution in [2.45, 2.75) is 6.42 Å². The number of likely N-dealkylation sites (tertiary alicyclic amines) is 1. The van der Waals surface area contributed by atoms with Crippen molar-refractivity contribution >= 4 is 29.4 Å². The molecule has 2 heterocycles. The molecule has 8 heteroatoms. The SMILES string of the molecule is O=C(O)C1CCN(C(=O)c2ccc(Cl)o2)CC1C(=O)O. The number of rotatable bonds is 3. The van der Waals surface area contributed by atoms with Crippen LogP contribution in [0.15, 0.2) is 16.5 Å². The lowest BCUT2D eigenvalue weighted by molar-refractivity contribution is -0.156. The minimum atomic E-state index is -1.23. The van der Waals surface area contributed by atoms with Gasteiger partial charge in [-0.25, -0.2) is 0 Å². The number of hydrogen-bond acceptors (Lipinski definition) is 4. The van der Waals surface area contributed by atoms with Gasteiger partial charge in [-0.3, -0.25) is 14.4 Å². The third kappa shape index (κ3) is 2.77. The molecule has 1 saturated heterocycles. The molecule has 2 unspecified atom stereocenters. The molecule has 0 aromatic carbocycles. The average molecular weight is 302 g/mol. The molecule has 1 aromatic heterocycles. The highest BCUT2D eigenvalue weighted by Gasteiger charge is 2.40. The Hall–Kier alpha value is -2.02. The Morgan fingerprint density at radius 3 is 2.35 bits per heavy atom. The van der Waals surface area contributed by atoms with Crippen molar-refractivity contribution in [3.8, 4) is 0 Å². The first-order valence-corrected chi connectivity index (χ1v) is 6.28. The zero-order valence-electron chi connectivity index (χ0n) is 10.3. The van der Waals surface area contributed by atoms with Crippen molar-refractivity contribution < 1.29 is 29.0 Å². The molecule has 20 heavy (non-hydrogen) atoms. The second-order valence-electron chi connectivity index (χ2n) is 4.53. The Balaban J connectivity index is 2.14. The molecule has 0 radical (unpaired) electrons. The molecule has 1 fully saturated rings. The van der Waals surface area contributed by atoms with E-state index in [-0.39, 0.29) is 30.5 Å². The zero-order valence-corrected chi connectivity index (χ0v) is 11.0. The van der Waals surface area contributed by atoms with Gasteiger partial charge in [0, 0.05) is 13.1 Å². The first-order chi connectivity index (χ1) is 9.40. The summed E-state index contributed by atoms with van der Waals surface area (Å²) in [7, 11) is 0. The number of carbonyl (C=O) groups is 3. The summed E-state index contributed by atoms with van der Waals surface area (Å²) in [4.78, 5) is 35.5. The second-order valence-corrected chi connectivity index (χ2v) is 4.91. The van der Waals surface area contributed by atoms with E-state index in [0.29, 0.717) is 0 Å². The van der Waals surface area contributed by atoms with Crippen molar-refractivity contribution in [1.29, 1.82) is 0 Å². The van der Waals surface area contributed by atoms with E-state index in [1.807, 2.05) is 0 Å². The summed E-state index contributed by atoms with van der Waals surface area (Å²) < 4.78 is 4.98. The number of furan rings is 1. The number of aliphatic carboxylic acids is 2. The largest absolute Gasteiger partial charge is 0.481 e. The van der Waals surface area contributed by atoms with Gasteiger partial charge in [-0.2, -0.15) is 0 Å². The van der Waals surface area contributed by atoms with E-state index in [1.54, 1.807) is 0 Å². The molecule has 0 spiro atoms. The first-order valence-electron chi connectivity index (χ1n) is 5.90. The van der Waals surface area contributed by atoms with Crippen LogP contribution in [0.3, 0.4) is 0 Å². The van der Waals surface area contributed by atoms with Crippen LogP contribution < -0.4 is 0 Å². The average Bonchev–Trinajstić information content (AvgIpc) is 2.83. The third-order valence-corrected chi connectivity index (χ3v) is 3.52. The second kappa shape index (κ2) is 5.54. The van der Waals surface area contributed by atoms with Crippen LogP contribution in [0.25, 0.3) is 0 Å². The minimum absolute atomic E-state index is 0.00733. The molecule has 2 rings (SSSR count). The fraction of sp³-hybridized carbons (Fsp3) is 0.417. The number of carboxylic acid groups (broad SMARTS) is 2. The van der Waals surface area contributed by atoms with E-state index in [9.17, 15) is 14.4 Å². The van der Waals surface area contributed by atoms with E-state index in [4.69, 9.17) is 26.2 Å². The lowest BCUT2D eigenvalue weighted by Crippen LogP contribution is -2.48. The lowest BCUT2D eigenvalue weighted by atomic mass is 9.85. The summed E-state index contributed by atoms with van der Waals surface area (Å²) in [5.41, 5.74) is 0. The number of amides is 1. The van der Waals surface area contributed by atoms with Crippen LogP contribution >= 0.6 is 11.6 Å². The highest BCUT2D eigenvalue weighted by Crippen LogP contribution is 2.26. The minimum Gasteiger partial charge on any atom is -0.481 e. The van der Waals surface area contributed by atoms with Gasteiger partial charge in [0.25, 0.3) is 5.91 Å². The molecule has 1 amide bonds. The molecular weight excluding hydrogens is 290 g/mol. The van der Waals surface area contributed by atoms with Crippen molar-refractivity contribution in [2.24, 2.45) is 11.8 Å². The van der Waals surface area contributed by atoms with E-state index < -0.39 is 29.7 Å². The molecule has 1 aromatic rings. The molecular formula is C12H12ClNO6. The van der Waals surface area contributed by atoms with Crippen molar-refractivity contribution in [2.75, 3.05) is 13.1 Å². The maximum atomic E-state index is 12.1. The van der Waals surface area contributed by atoms with Crippen molar-refractivity contribution in [3.63, 3.8) is 0 Å². The lowest BCUT2D eigenvalue weighted by Gasteiger charge is -2.34. The maximum absolute atomic E-state index is 12.1. The van der Waals surface area contributed by atoms with Crippen LogP contribution in [-0.4, -0.2) is 46.0 Å². The van der Waals surface area contributed by atoms with Gasteiger partial charge in [0.15, 0.2) is 11.0 Å². The van der Waals surface area contributed by atoms with Crippen LogP contribution in [0.4, 0.5) is 0 Å². The molecule has 1 aliphatic rings. The van der Waals surface area contributed by atoms with E-state index >= 15 is 0 Å². The smallest absolute Gasteiger partial charge is 0.309 e. The Morgan fingerprint density at radius 2 is 1.85 bits per heavy atom. The summed E-state index contributed by atoms with van der Waals surface area (Å²) in [6.07, 6.45) is 0.0898. The van der Waals surface area contributed by atoms with E-state index in [2.05, 4.69) is 0 Å². The van der Waals surface area contributed by atoms with Gasteiger partial charge in [-0.15, -0.1) is 0 Å².